The summed E-state index contributed by atoms with van der Waals surface area (Å²) in [5.74, 6) is 0. The second kappa shape index (κ2) is 5.23. The van der Waals surface area contributed by atoms with Crippen LogP contribution < -0.4 is 5.32 Å². The molecule has 84 valence electrons. The molecule has 16 heavy (non-hydrogen) atoms. The normalized spacial score (nSPS) is 14.6. The average molecular weight is 232 g/mol. The highest BCUT2D eigenvalue weighted by Crippen LogP contribution is 2.21. The van der Waals surface area contributed by atoms with Crippen LogP contribution in [0.25, 0.3) is 0 Å². The van der Waals surface area contributed by atoms with Crippen molar-refractivity contribution in [3.8, 4) is 0 Å². The number of rotatable bonds is 4. The van der Waals surface area contributed by atoms with Gasteiger partial charge in [-0.1, -0.05) is 12.1 Å². The Labute approximate surface area is 100 Å². The largest absolute Gasteiger partial charge is 0.301 e. The fourth-order valence-electron chi connectivity index (χ4n) is 1.71. The van der Waals surface area contributed by atoms with E-state index in [4.69, 9.17) is 0 Å². The molecule has 1 N–H and O–H groups in total. The second-order valence-corrected chi connectivity index (χ2v) is 4.86. The van der Waals surface area contributed by atoms with Gasteiger partial charge in [0, 0.05) is 23.2 Å². The quantitative estimate of drug-likeness (QED) is 0.872. The van der Waals surface area contributed by atoms with E-state index < -0.39 is 0 Å². The van der Waals surface area contributed by atoms with Gasteiger partial charge in [0.2, 0.25) is 0 Å². The molecule has 2 atom stereocenters. The summed E-state index contributed by atoms with van der Waals surface area (Å²) in [5.41, 5.74) is 1.09. The minimum absolute atomic E-state index is 0.276. The molecule has 3 heteroatoms. The number of aromatic nitrogens is 1. The van der Waals surface area contributed by atoms with Gasteiger partial charge in [-0.05, 0) is 37.4 Å². The summed E-state index contributed by atoms with van der Waals surface area (Å²) in [6, 6.07) is 10.9. The first-order valence-electron chi connectivity index (χ1n) is 5.48. The lowest BCUT2D eigenvalue weighted by atomic mass is 10.1. The van der Waals surface area contributed by atoms with E-state index in [0.717, 1.165) is 5.69 Å². The molecule has 0 spiro atoms. The van der Waals surface area contributed by atoms with Crippen LogP contribution in [0.4, 0.5) is 0 Å². The minimum atomic E-state index is 0.276. The predicted molar refractivity (Wildman–Crippen MR) is 68.5 cm³/mol. The smallest absolute Gasteiger partial charge is 0.0570 e. The fraction of sp³-hybridized carbons (Fsp3) is 0.308. The molecule has 2 aromatic rings. The van der Waals surface area contributed by atoms with E-state index in [2.05, 4.69) is 47.7 Å². The summed E-state index contributed by atoms with van der Waals surface area (Å²) in [7, 11) is 0. The summed E-state index contributed by atoms with van der Waals surface area (Å²) in [4.78, 5) is 5.72. The molecule has 0 radical (unpaired) electrons. The topological polar surface area (TPSA) is 24.9 Å². The molecular formula is C13H16N2S. The van der Waals surface area contributed by atoms with Gasteiger partial charge >= 0.3 is 0 Å². The van der Waals surface area contributed by atoms with Crippen molar-refractivity contribution in [2.45, 2.75) is 25.9 Å². The number of pyridine rings is 1. The molecule has 0 aliphatic carbocycles. The maximum Gasteiger partial charge on any atom is 0.0570 e. The molecule has 2 heterocycles. The molecule has 0 saturated carbocycles. The van der Waals surface area contributed by atoms with Crippen molar-refractivity contribution < 1.29 is 0 Å². The van der Waals surface area contributed by atoms with Gasteiger partial charge < -0.3 is 5.32 Å². The first-order valence-corrected chi connectivity index (χ1v) is 6.35. The van der Waals surface area contributed by atoms with Gasteiger partial charge in [-0.25, -0.2) is 0 Å². The molecule has 2 nitrogen and oxygen atoms in total. The van der Waals surface area contributed by atoms with Crippen molar-refractivity contribution in [2.24, 2.45) is 0 Å². The fourth-order valence-corrected chi connectivity index (χ4v) is 2.46. The molecule has 0 aliphatic heterocycles. The molecule has 0 fully saturated rings. The van der Waals surface area contributed by atoms with Crippen molar-refractivity contribution in [3.05, 3.63) is 52.5 Å². The Bertz CT molecular complexity index is 411. The maximum absolute atomic E-state index is 4.35. The Kier molecular flexibility index (Phi) is 3.70. The van der Waals surface area contributed by atoms with E-state index >= 15 is 0 Å². The summed E-state index contributed by atoms with van der Waals surface area (Å²) in [6.07, 6.45) is 1.84. The monoisotopic (exact) mass is 232 g/mol. The van der Waals surface area contributed by atoms with Crippen molar-refractivity contribution in [3.63, 3.8) is 0 Å². The zero-order valence-electron chi connectivity index (χ0n) is 9.55. The van der Waals surface area contributed by atoms with E-state index in [1.54, 1.807) is 11.3 Å². The Morgan fingerprint density at radius 1 is 1.12 bits per heavy atom. The van der Waals surface area contributed by atoms with Crippen molar-refractivity contribution in [1.29, 1.82) is 0 Å². The lowest BCUT2D eigenvalue weighted by molar-refractivity contribution is 0.491. The van der Waals surface area contributed by atoms with Gasteiger partial charge in [0.05, 0.1) is 5.69 Å². The van der Waals surface area contributed by atoms with Gasteiger partial charge in [0.25, 0.3) is 0 Å². The van der Waals surface area contributed by atoms with Crippen molar-refractivity contribution in [2.75, 3.05) is 0 Å². The zero-order valence-corrected chi connectivity index (χ0v) is 10.4. The standard InChI is InChI=1S/C13H16N2S/c1-10(12-6-3-4-8-14-12)15-11(2)13-7-5-9-16-13/h3-11,15H,1-2H3/t10-,11?/m1/s1. The Morgan fingerprint density at radius 2 is 2.00 bits per heavy atom. The molecular weight excluding hydrogens is 216 g/mol. The SMILES string of the molecule is CC(N[C@H](C)c1ccccn1)c1cccs1. The van der Waals surface area contributed by atoms with Gasteiger partial charge in [-0.3, -0.25) is 4.98 Å². The Balaban J connectivity index is 2.00. The lowest BCUT2D eigenvalue weighted by Crippen LogP contribution is -2.22. The Morgan fingerprint density at radius 3 is 2.62 bits per heavy atom. The summed E-state index contributed by atoms with van der Waals surface area (Å²) < 4.78 is 0. The number of hydrogen-bond acceptors (Lipinski definition) is 3. The van der Waals surface area contributed by atoms with Crippen LogP contribution in [0.1, 0.15) is 36.5 Å². The summed E-state index contributed by atoms with van der Waals surface area (Å²) in [5, 5.41) is 5.66. The first kappa shape index (κ1) is 11.3. The molecule has 0 aliphatic rings. The van der Waals surface area contributed by atoms with Crippen molar-refractivity contribution >= 4 is 11.3 Å². The van der Waals surface area contributed by atoms with Crippen LogP contribution in [0.2, 0.25) is 0 Å². The molecule has 0 saturated heterocycles. The van der Waals surface area contributed by atoms with E-state index in [1.807, 2.05) is 18.3 Å². The molecule has 0 bridgehead atoms. The van der Waals surface area contributed by atoms with Crippen LogP contribution in [0.3, 0.4) is 0 Å². The van der Waals surface area contributed by atoms with E-state index in [0.29, 0.717) is 6.04 Å². The third-order valence-electron chi connectivity index (χ3n) is 2.60. The minimum Gasteiger partial charge on any atom is -0.301 e. The van der Waals surface area contributed by atoms with Gasteiger partial charge in [0.1, 0.15) is 0 Å². The van der Waals surface area contributed by atoms with E-state index in [1.165, 1.54) is 4.88 Å². The number of thiophene rings is 1. The highest BCUT2D eigenvalue weighted by molar-refractivity contribution is 7.10. The van der Waals surface area contributed by atoms with E-state index in [9.17, 15) is 0 Å². The average Bonchev–Trinajstić information content (AvgIpc) is 2.83. The number of nitrogens with one attached hydrogen (secondary N) is 1. The third kappa shape index (κ3) is 2.68. The molecule has 0 amide bonds. The molecule has 1 unspecified atom stereocenters. The second-order valence-electron chi connectivity index (χ2n) is 3.88. The van der Waals surface area contributed by atoms with Crippen LogP contribution in [0, 0.1) is 0 Å². The van der Waals surface area contributed by atoms with Crippen LogP contribution in [0.5, 0.6) is 0 Å². The number of hydrogen-bond donors (Lipinski definition) is 1. The molecule has 2 rings (SSSR count). The highest BCUT2D eigenvalue weighted by Gasteiger charge is 2.11. The van der Waals surface area contributed by atoms with E-state index in [-0.39, 0.29) is 6.04 Å². The van der Waals surface area contributed by atoms with Crippen LogP contribution in [-0.2, 0) is 0 Å². The lowest BCUT2D eigenvalue weighted by Gasteiger charge is -2.18. The van der Waals surface area contributed by atoms with Crippen LogP contribution in [-0.4, -0.2) is 4.98 Å². The van der Waals surface area contributed by atoms with Gasteiger partial charge in [-0.15, -0.1) is 11.3 Å². The third-order valence-corrected chi connectivity index (χ3v) is 3.66. The molecule has 2 aromatic heterocycles. The predicted octanol–water partition coefficient (Wildman–Crippen LogP) is 3.55. The first-order chi connectivity index (χ1) is 7.77. The maximum atomic E-state index is 4.35. The Hall–Kier alpha value is -1.19. The van der Waals surface area contributed by atoms with Crippen LogP contribution in [0.15, 0.2) is 41.9 Å². The van der Waals surface area contributed by atoms with Gasteiger partial charge in [0.15, 0.2) is 0 Å². The zero-order chi connectivity index (χ0) is 11.4. The number of nitrogens with zero attached hydrogens (tertiary/aromatic N) is 1. The molecule has 0 aromatic carbocycles. The van der Waals surface area contributed by atoms with Crippen LogP contribution >= 0.6 is 11.3 Å². The van der Waals surface area contributed by atoms with Crippen molar-refractivity contribution in [1.82, 2.24) is 10.3 Å². The summed E-state index contributed by atoms with van der Waals surface area (Å²) in [6.45, 7) is 4.33. The highest BCUT2D eigenvalue weighted by atomic mass is 32.1. The van der Waals surface area contributed by atoms with Gasteiger partial charge in [-0.2, -0.15) is 0 Å². The summed E-state index contributed by atoms with van der Waals surface area (Å²) >= 11 is 1.79.